The number of thiophene rings is 1. The van der Waals surface area contributed by atoms with Crippen LogP contribution in [0.4, 0.5) is 4.39 Å². The van der Waals surface area contributed by atoms with Crippen molar-refractivity contribution < 1.29 is 13.9 Å². The second-order valence-corrected chi connectivity index (χ2v) is 7.20. The Hall–Kier alpha value is -2.38. The molecule has 3 aromatic rings. The first-order valence-electron chi connectivity index (χ1n) is 7.53. The van der Waals surface area contributed by atoms with Gasteiger partial charge in [-0.05, 0) is 47.0 Å². The van der Waals surface area contributed by atoms with Crippen LogP contribution in [-0.4, -0.2) is 11.7 Å². The number of halogens is 1. The van der Waals surface area contributed by atoms with E-state index in [0.717, 1.165) is 15.2 Å². The summed E-state index contributed by atoms with van der Waals surface area (Å²) in [7, 11) is 0. The molecule has 0 bridgehead atoms. The summed E-state index contributed by atoms with van der Waals surface area (Å²) in [6.45, 7) is 0. The first kappa shape index (κ1) is 17.4. The van der Waals surface area contributed by atoms with E-state index in [-0.39, 0.29) is 23.5 Å². The molecule has 0 aliphatic heterocycles. The Morgan fingerprint density at radius 2 is 2.00 bits per heavy atom. The lowest BCUT2D eigenvalue weighted by molar-refractivity contribution is -0.645. The van der Waals surface area contributed by atoms with Crippen LogP contribution in [0.15, 0.2) is 71.2 Å². The third kappa shape index (κ3) is 4.58. The van der Waals surface area contributed by atoms with Crippen LogP contribution < -0.4 is 10.0 Å². The molecule has 0 saturated heterocycles. The molecule has 1 N–H and O–H groups in total. The van der Waals surface area contributed by atoms with Crippen molar-refractivity contribution in [3.05, 3.63) is 87.6 Å². The number of nitrogens with zero attached hydrogens (tertiary/aromatic N) is 1. The number of nitrogens with one attached hydrogen (secondary N) is 1. The number of hydrogen-bond donors (Lipinski definition) is 1. The molecule has 128 valence electrons. The fourth-order valence-electron chi connectivity index (χ4n) is 2.30. The van der Waals surface area contributed by atoms with Gasteiger partial charge in [-0.25, -0.2) is 4.39 Å². The number of aromatic nitrogens is 1. The van der Waals surface area contributed by atoms with Gasteiger partial charge in [-0.1, -0.05) is 18.2 Å². The molecule has 1 aromatic carbocycles. The van der Waals surface area contributed by atoms with Crippen LogP contribution in [0.25, 0.3) is 0 Å². The quantitative estimate of drug-likeness (QED) is 0.408. The number of amides is 1. The lowest BCUT2D eigenvalue weighted by Gasteiger charge is -2.18. The minimum Gasteiger partial charge on any atom is -0.618 e. The van der Waals surface area contributed by atoms with Gasteiger partial charge in [0.15, 0.2) is 6.20 Å². The van der Waals surface area contributed by atoms with Crippen molar-refractivity contribution in [2.45, 2.75) is 11.1 Å². The molecule has 3 rings (SSSR count). The van der Waals surface area contributed by atoms with Gasteiger partial charge in [0, 0.05) is 17.0 Å². The Morgan fingerprint density at radius 1 is 1.20 bits per heavy atom. The van der Waals surface area contributed by atoms with Gasteiger partial charge in [-0.15, -0.1) is 11.3 Å². The highest BCUT2D eigenvalue weighted by atomic mass is 32.2. The molecule has 0 fully saturated rings. The van der Waals surface area contributed by atoms with E-state index in [4.69, 9.17) is 0 Å². The Labute approximate surface area is 152 Å². The van der Waals surface area contributed by atoms with Gasteiger partial charge in [-0.3, -0.25) is 4.79 Å². The van der Waals surface area contributed by atoms with Crippen LogP contribution in [0.3, 0.4) is 0 Å². The molecule has 25 heavy (non-hydrogen) atoms. The van der Waals surface area contributed by atoms with Gasteiger partial charge in [0.2, 0.25) is 5.91 Å². The first-order chi connectivity index (χ1) is 12.1. The highest BCUT2D eigenvalue weighted by Crippen LogP contribution is 2.26. The van der Waals surface area contributed by atoms with E-state index in [2.05, 4.69) is 5.32 Å². The van der Waals surface area contributed by atoms with Crippen molar-refractivity contribution in [3.63, 3.8) is 0 Å². The van der Waals surface area contributed by atoms with Crippen LogP contribution >= 0.6 is 23.1 Å². The van der Waals surface area contributed by atoms with Crippen molar-refractivity contribution in [2.24, 2.45) is 0 Å². The molecule has 1 atom stereocenters. The van der Waals surface area contributed by atoms with Crippen molar-refractivity contribution in [1.29, 1.82) is 0 Å². The zero-order valence-electron chi connectivity index (χ0n) is 13.1. The molecular weight excluding hydrogens is 359 g/mol. The van der Waals surface area contributed by atoms with Crippen molar-refractivity contribution in [3.8, 4) is 0 Å². The van der Waals surface area contributed by atoms with Gasteiger partial charge < -0.3 is 10.5 Å². The number of pyridine rings is 1. The van der Waals surface area contributed by atoms with Crippen molar-refractivity contribution in [1.82, 2.24) is 5.32 Å². The number of thioether (sulfide) groups is 1. The number of hydrogen-bond acceptors (Lipinski definition) is 4. The Morgan fingerprint density at radius 3 is 2.68 bits per heavy atom. The topological polar surface area (TPSA) is 56.0 Å². The largest absolute Gasteiger partial charge is 0.618 e. The van der Waals surface area contributed by atoms with Gasteiger partial charge in [0.05, 0.1) is 11.8 Å². The summed E-state index contributed by atoms with van der Waals surface area (Å²) in [6, 6.07) is 14.6. The Kier molecular flexibility index (Phi) is 5.67. The maximum absolute atomic E-state index is 13.2. The first-order valence-corrected chi connectivity index (χ1v) is 9.39. The summed E-state index contributed by atoms with van der Waals surface area (Å²) >= 11 is 2.69. The Balaban J connectivity index is 1.71. The second kappa shape index (κ2) is 8.13. The minimum atomic E-state index is -0.344. The van der Waals surface area contributed by atoms with Crippen LogP contribution in [0.5, 0.6) is 0 Å². The lowest BCUT2D eigenvalue weighted by atomic mass is 10.1. The van der Waals surface area contributed by atoms with Gasteiger partial charge in [-0.2, -0.15) is 4.73 Å². The molecule has 7 heteroatoms. The van der Waals surface area contributed by atoms with Crippen molar-refractivity contribution in [2.75, 3.05) is 5.75 Å². The number of benzene rings is 1. The van der Waals surface area contributed by atoms with Crippen LogP contribution in [0.2, 0.25) is 0 Å². The maximum atomic E-state index is 13.2. The minimum absolute atomic E-state index is 0.120. The summed E-state index contributed by atoms with van der Waals surface area (Å²) in [4.78, 5) is 13.3. The highest BCUT2D eigenvalue weighted by molar-refractivity contribution is 7.99. The fourth-order valence-corrected chi connectivity index (χ4v) is 3.82. The van der Waals surface area contributed by atoms with Crippen LogP contribution in [0.1, 0.15) is 16.5 Å². The zero-order chi connectivity index (χ0) is 17.6. The predicted molar refractivity (Wildman–Crippen MR) is 96.8 cm³/mol. The monoisotopic (exact) mass is 374 g/mol. The average Bonchev–Trinajstić information content (AvgIpc) is 3.14. The van der Waals surface area contributed by atoms with E-state index in [0.29, 0.717) is 5.03 Å². The molecule has 1 amide bonds. The predicted octanol–water partition coefficient (Wildman–Crippen LogP) is 3.52. The average molecular weight is 374 g/mol. The molecule has 0 saturated carbocycles. The van der Waals surface area contributed by atoms with E-state index in [9.17, 15) is 14.4 Å². The number of carbonyl (C=O) groups is 1. The maximum Gasteiger partial charge on any atom is 0.251 e. The summed E-state index contributed by atoms with van der Waals surface area (Å²) in [5.41, 5.74) is 0.806. The molecule has 4 nitrogen and oxygen atoms in total. The second-order valence-electron chi connectivity index (χ2n) is 5.22. The van der Waals surface area contributed by atoms with E-state index in [1.165, 1.54) is 41.4 Å². The van der Waals surface area contributed by atoms with E-state index >= 15 is 0 Å². The molecule has 2 heterocycles. The summed E-state index contributed by atoms with van der Waals surface area (Å²) in [6.07, 6.45) is 1.40. The van der Waals surface area contributed by atoms with Crippen molar-refractivity contribution >= 4 is 29.0 Å². The molecule has 0 spiro atoms. The summed E-state index contributed by atoms with van der Waals surface area (Å²) < 4.78 is 13.9. The zero-order valence-corrected chi connectivity index (χ0v) is 14.7. The van der Waals surface area contributed by atoms with E-state index < -0.39 is 0 Å². The summed E-state index contributed by atoms with van der Waals surface area (Å²) in [5.74, 6) is -0.397. The van der Waals surface area contributed by atoms with Gasteiger partial charge in [0.1, 0.15) is 5.82 Å². The number of carbonyl (C=O) groups excluding carboxylic acids is 1. The normalized spacial score (nSPS) is 11.9. The third-order valence-electron chi connectivity index (χ3n) is 3.48. The number of rotatable bonds is 6. The van der Waals surface area contributed by atoms with E-state index in [1.54, 1.807) is 30.3 Å². The SMILES string of the molecule is O=C(CSc1cccc[n+]1[O-])NC(c1ccc(F)cc1)c1cccs1. The lowest BCUT2D eigenvalue weighted by Crippen LogP contribution is -2.32. The summed E-state index contributed by atoms with van der Waals surface area (Å²) in [5, 5.41) is 17.0. The highest BCUT2D eigenvalue weighted by Gasteiger charge is 2.19. The molecule has 2 aromatic heterocycles. The standard InChI is InChI=1S/C18H15FN2O2S2/c19-14-8-6-13(7-9-14)18(15-4-3-11-24-15)20-16(22)12-25-17-5-1-2-10-21(17)23/h1-11,18H,12H2,(H,20,22). The third-order valence-corrected chi connectivity index (χ3v) is 5.43. The van der Waals surface area contributed by atoms with Gasteiger partial charge in [0.25, 0.3) is 5.03 Å². The van der Waals surface area contributed by atoms with Gasteiger partial charge >= 0.3 is 0 Å². The smallest absolute Gasteiger partial charge is 0.251 e. The van der Waals surface area contributed by atoms with E-state index in [1.807, 2.05) is 17.5 Å². The molecule has 0 radical (unpaired) electrons. The van der Waals surface area contributed by atoms with Crippen LogP contribution in [-0.2, 0) is 4.79 Å². The fraction of sp³-hybridized carbons (Fsp3) is 0.111. The van der Waals surface area contributed by atoms with Crippen LogP contribution in [0, 0.1) is 11.0 Å². The molecule has 1 unspecified atom stereocenters. The molecule has 0 aliphatic rings. The molecular formula is C18H15FN2O2S2. The Bertz CT molecular complexity index is 839. The molecule has 0 aliphatic carbocycles.